The van der Waals surface area contributed by atoms with Gasteiger partial charge in [-0.05, 0) is 41.5 Å². The predicted octanol–water partition coefficient (Wildman–Crippen LogP) is 2.50. The number of carbonyl (C=O) groups is 1. The molecular formula is C23H24N6O2. The molecule has 5 rings (SSSR count). The van der Waals surface area contributed by atoms with Gasteiger partial charge in [0.1, 0.15) is 5.75 Å². The second-order valence-electron chi connectivity index (χ2n) is 7.61. The van der Waals surface area contributed by atoms with Crippen molar-refractivity contribution in [1.29, 1.82) is 0 Å². The number of fused-ring (bicyclic) bond motifs is 1. The van der Waals surface area contributed by atoms with Crippen LogP contribution in [0.2, 0.25) is 0 Å². The number of carbonyl (C=O) groups excluding carboxylic acids is 1. The Hall–Kier alpha value is -3.65. The third-order valence-corrected chi connectivity index (χ3v) is 5.67. The summed E-state index contributed by atoms with van der Waals surface area (Å²) in [5.74, 6) is 0.578. The number of rotatable bonds is 5. The molecule has 0 unspecified atom stereocenters. The van der Waals surface area contributed by atoms with Crippen molar-refractivity contribution in [3.8, 4) is 5.75 Å². The lowest BCUT2D eigenvalue weighted by Gasteiger charge is -2.30. The number of aromatic nitrogens is 3. The molecule has 8 nitrogen and oxygen atoms in total. The van der Waals surface area contributed by atoms with E-state index >= 15 is 0 Å². The number of nitrogens with zero attached hydrogens (tertiary/aromatic N) is 4. The van der Waals surface area contributed by atoms with Crippen LogP contribution in [0, 0.1) is 0 Å². The standard InChI is InChI=1S/C23H24N6O2/c1-31-19-3-2-16-12-18(13-17(16)14-19)29-9-5-20(27-29)23(30)26-21-15-25-6-4-22(21)28-10-7-24-8-11-28/h2-6,9,13-15,24H,7-8,10-12H2,1H3,(H,26,30). The molecule has 2 aliphatic rings. The van der Waals surface area contributed by atoms with E-state index < -0.39 is 0 Å². The summed E-state index contributed by atoms with van der Waals surface area (Å²) in [4.78, 5) is 19.3. The summed E-state index contributed by atoms with van der Waals surface area (Å²) in [5.41, 5.74) is 5.39. The predicted molar refractivity (Wildman–Crippen MR) is 120 cm³/mol. The lowest BCUT2D eigenvalue weighted by Crippen LogP contribution is -2.43. The van der Waals surface area contributed by atoms with E-state index in [2.05, 4.69) is 37.8 Å². The number of methoxy groups -OCH3 is 1. The van der Waals surface area contributed by atoms with Crippen LogP contribution < -0.4 is 20.3 Å². The van der Waals surface area contributed by atoms with E-state index in [0.717, 1.165) is 55.3 Å². The Labute approximate surface area is 180 Å². The molecule has 2 aromatic heterocycles. The molecule has 2 N–H and O–H groups in total. The number of nitrogens with one attached hydrogen (secondary N) is 2. The van der Waals surface area contributed by atoms with Gasteiger partial charge in [-0.2, -0.15) is 5.10 Å². The van der Waals surface area contributed by atoms with Gasteiger partial charge < -0.3 is 20.3 Å². The number of hydrogen-bond acceptors (Lipinski definition) is 6. The maximum Gasteiger partial charge on any atom is 0.276 e. The van der Waals surface area contributed by atoms with Crippen molar-refractivity contribution >= 4 is 29.1 Å². The minimum absolute atomic E-state index is 0.249. The molecule has 0 saturated carbocycles. The number of benzene rings is 1. The van der Waals surface area contributed by atoms with Crippen LogP contribution in [0.4, 0.5) is 11.4 Å². The molecule has 0 atom stereocenters. The van der Waals surface area contributed by atoms with Gasteiger partial charge in [0.05, 0.1) is 24.7 Å². The zero-order chi connectivity index (χ0) is 21.2. The molecule has 1 amide bonds. The lowest BCUT2D eigenvalue weighted by atomic mass is 10.1. The highest BCUT2D eigenvalue weighted by molar-refractivity contribution is 6.04. The second kappa shape index (κ2) is 8.23. The number of allylic oxidation sites excluding steroid dienone is 1. The average Bonchev–Trinajstić information content (AvgIpc) is 3.47. The van der Waals surface area contributed by atoms with Gasteiger partial charge in [0.15, 0.2) is 5.69 Å². The summed E-state index contributed by atoms with van der Waals surface area (Å²) in [6.07, 6.45) is 8.11. The number of ether oxygens (including phenoxy) is 1. The largest absolute Gasteiger partial charge is 0.497 e. The topological polar surface area (TPSA) is 84.3 Å². The second-order valence-corrected chi connectivity index (χ2v) is 7.61. The number of pyridine rings is 1. The Morgan fingerprint density at radius 1 is 1.19 bits per heavy atom. The number of hydrogen-bond donors (Lipinski definition) is 2. The van der Waals surface area contributed by atoms with E-state index in [1.165, 1.54) is 5.56 Å². The van der Waals surface area contributed by atoms with E-state index in [9.17, 15) is 4.79 Å². The van der Waals surface area contributed by atoms with Crippen molar-refractivity contribution in [2.24, 2.45) is 0 Å². The van der Waals surface area contributed by atoms with Crippen LogP contribution in [0.25, 0.3) is 11.8 Å². The fraction of sp³-hybridized carbons (Fsp3) is 0.261. The molecule has 3 aromatic rings. The summed E-state index contributed by atoms with van der Waals surface area (Å²) in [6, 6.07) is 9.71. The fourth-order valence-electron chi connectivity index (χ4n) is 4.02. The third kappa shape index (κ3) is 3.89. The Kier molecular flexibility index (Phi) is 5.13. The summed E-state index contributed by atoms with van der Waals surface area (Å²) < 4.78 is 7.08. The molecule has 1 fully saturated rings. The monoisotopic (exact) mass is 416 g/mol. The van der Waals surface area contributed by atoms with Gasteiger partial charge in [0.25, 0.3) is 5.91 Å². The summed E-state index contributed by atoms with van der Waals surface area (Å²) in [5, 5.41) is 10.8. The van der Waals surface area contributed by atoms with Crippen LogP contribution in [0.15, 0.2) is 48.9 Å². The van der Waals surface area contributed by atoms with Gasteiger partial charge in [-0.1, -0.05) is 6.07 Å². The third-order valence-electron chi connectivity index (χ3n) is 5.67. The first kappa shape index (κ1) is 19.3. The van der Waals surface area contributed by atoms with Crippen molar-refractivity contribution in [3.05, 3.63) is 65.7 Å². The smallest absolute Gasteiger partial charge is 0.276 e. The minimum atomic E-state index is -0.249. The number of amides is 1. The van der Waals surface area contributed by atoms with Crippen LogP contribution in [-0.4, -0.2) is 54.0 Å². The van der Waals surface area contributed by atoms with Crippen LogP contribution in [-0.2, 0) is 6.42 Å². The first-order chi connectivity index (χ1) is 15.2. The summed E-state index contributed by atoms with van der Waals surface area (Å²) in [7, 11) is 1.66. The zero-order valence-electron chi connectivity index (χ0n) is 17.3. The average molecular weight is 416 g/mol. The highest BCUT2D eigenvalue weighted by Crippen LogP contribution is 2.30. The van der Waals surface area contributed by atoms with Crippen molar-refractivity contribution in [3.63, 3.8) is 0 Å². The number of piperazine rings is 1. The molecule has 158 valence electrons. The normalized spacial score (nSPS) is 15.4. The highest BCUT2D eigenvalue weighted by atomic mass is 16.5. The van der Waals surface area contributed by atoms with Gasteiger partial charge in [0, 0.05) is 50.7 Å². The van der Waals surface area contributed by atoms with E-state index in [4.69, 9.17) is 4.74 Å². The lowest BCUT2D eigenvalue weighted by molar-refractivity contribution is 0.102. The van der Waals surface area contributed by atoms with Crippen molar-refractivity contribution < 1.29 is 9.53 Å². The maximum absolute atomic E-state index is 12.9. The molecule has 1 aromatic carbocycles. The van der Waals surface area contributed by atoms with Gasteiger partial charge in [-0.25, -0.2) is 4.68 Å². The Morgan fingerprint density at radius 2 is 2.06 bits per heavy atom. The summed E-state index contributed by atoms with van der Waals surface area (Å²) >= 11 is 0. The molecule has 1 saturated heterocycles. The Balaban J connectivity index is 1.33. The van der Waals surface area contributed by atoms with Crippen LogP contribution in [0.5, 0.6) is 5.75 Å². The molecule has 0 spiro atoms. The van der Waals surface area contributed by atoms with Crippen molar-refractivity contribution in [2.75, 3.05) is 43.5 Å². The van der Waals surface area contributed by atoms with Crippen LogP contribution >= 0.6 is 0 Å². The van der Waals surface area contributed by atoms with Crippen molar-refractivity contribution in [1.82, 2.24) is 20.1 Å². The van der Waals surface area contributed by atoms with Crippen LogP contribution in [0.3, 0.4) is 0 Å². The first-order valence-electron chi connectivity index (χ1n) is 10.4. The first-order valence-corrected chi connectivity index (χ1v) is 10.4. The Morgan fingerprint density at radius 3 is 2.90 bits per heavy atom. The maximum atomic E-state index is 12.9. The molecular weight excluding hydrogens is 392 g/mol. The van der Waals surface area contributed by atoms with E-state index in [1.807, 2.05) is 24.4 Å². The molecule has 3 heterocycles. The molecule has 1 aliphatic heterocycles. The van der Waals surface area contributed by atoms with E-state index in [-0.39, 0.29) is 5.91 Å². The van der Waals surface area contributed by atoms with Crippen molar-refractivity contribution in [2.45, 2.75) is 6.42 Å². The van der Waals surface area contributed by atoms with Crippen LogP contribution in [0.1, 0.15) is 21.6 Å². The zero-order valence-corrected chi connectivity index (χ0v) is 17.3. The van der Waals surface area contributed by atoms with Gasteiger partial charge in [-0.15, -0.1) is 0 Å². The summed E-state index contributed by atoms with van der Waals surface area (Å²) in [6.45, 7) is 3.62. The quantitative estimate of drug-likeness (QED) is 0.665. The molecule has 1 aliphatic carbocycles. The molecule has 8 heteroatoms. The minimum Gasteiger partial charge on any atom is -0.497 e. The van der Waals surface area contributed by atoms with E-state index in [1.54, 1.807) is 30.3 Å². The molecule has 31 heavy (non-hydrogen) atoms. The molecule has 0 radical (unpaired) electrons. The number of anilines is 2. The Bertz CT molecular complexity index is 1150. The van der Waals surface area contributed by atoms with E-state index in [0.29, 0.717) is 11.4 Å². The fourth-order valence-corrected chi connectivity index (χ4v) is 4.02. The van der Waals surface area contributed by atoms with Gasteiger partial charge in [0.2, 0.25) is 0 Å². The van der Waals surface area contributed by atoms with Gasteiger partial charge >= 0.3 is 0 Å². The SMILES string of the molecule is COc1ccc2c(c1)C=C(n1ccc(C(=O)Nc3cnccc3N3CCNCC3)n1)C2. The van der Waals surface area contributed by atoms with Gasteiger partial charge in [-0.3, -0.25) is 9.78 Å². The molecule has 0 bridgehead atoms. The highest BCUT2D eigenvalue weighted by Gasteiger charge is 2.19.